The zero-order valence-electron chi connectivity index (χ0n) is 11.5. The van der Waals surface area contributed by atoms with Crippen molar-refractivity contribution in [1.82, 2.24) is 10.6 Å². The third kappa shape index (κ3) is 4.64. The first-order valence-corrected chi connectivity index (χ1v) is 6.43. The van der Waals surface area contributed by atoms with E-state index in [0.29, 0.717) is 5.92 Å². The zero-order valence-corrected chi connectivity index (χ0v) is 11.5. The number of amides is 1. The van der Waals surface area contributed by atoms with Crippen LogP contribution in [0.25, 0.3) is 0 Å². The fourth-order valence-electron chi connectivity index (χ4n) is 2.09. The van der Waals surface area contributed by atoms with Gasteiger partial charge in [-0.15, -0.1) is 0 Å². The average molecular weight is 242 g/mol. The molecule has 1 heterocycles. The summed E-state index contributed by atoms with van der Waals surface area (Å²) in [6, 6.07) is 0. The Kier molecular flexibility index (Phi) is 5.40. The maximum Gasteiger partial charge on any atom is 0.224 e. The van der Waals surface area contributed by atoms with Crippen LogP contribution in [0.5, 0.6) is 0 Å². The molecule has 0 aromatic rings. The fourth-order valence-corrected chi connectivity index (χ4v) is 2.09. The Labute approximate surface area is 104 Å². The van der Waals surface area contributed by atoms with Crippen molar-refractivity contribution in [3.63, 3.8) is 0 Å². The lowest BCUT2D eigenvalue weighted by Crippen LogP contribution is -2.40. The minimum atomic E-state index is 0.0982. The largest absolute Gasteiger partial charge is 0.385 e. The average Bonchev–Trinajstić information content (AvgIpc) is 2.70. The van der Waals surface area contributed by atoms with Crippen molar-refractivity contribution in [2.75, 3.05) is 33.4 Å². The van der Waals surface area contributed by atoms with E-state index in [1.54, 1.807) is 7.11 Å². The van der Waals surface area contributed by atoms with Gasteiger partial charge in [0, 0.05) is 26.8 Å². The van der Waals surface area contributed by atoms with E-state index in [1.165, 1.54) is 0 Å². The molecular formula is C13H26N2O2. The Hall–Kier alpha value is -0.610. The van der Waals surface area contributed by atoms with Crippen LogP contribution in [0.3, 0.4) is 0 Å². The molecule has 2 unspecified atom stereocenters. The summed E-state index contributed by atoms with van der Waals surface area (Å²) in [7, 11) is 1.71. The zero-order chi connectivity index (χ0) is 12.9. The molecule has 0 spiro atoms. The molecule has 1 rings (SSSR count). The van der Waals surface area contributed by atoms with Gasteiger partial charge in [-0.2, -0.15) is 0 Å². The highest BCUT2D eigenvalue weighted by Gasteiger charge is 2.30. The highest BCUT2D eigenvalue weighted by molar-refractivity contribution is 5.79. The molecule has 0 bridgehead atoms. The van der Waals surface area contributed by atoms with E-state index in [4.69, 9.17) is 4.74 Å². The lowest BCUT2D eigenvalue weighted by atomic mass is 9.89. The Morgan fingerprint density at radius 1 is 1.47 bits per heavy atom. The van der Waals surface area contributed by atoms with Crippen LogP contribution >= 0.6 is 0 Å². The number of nitrogens with one attached hydrogen (secondary N) is 2. The molecular weight excluding hydrogens is 216 g/mol. The third-order valence-electron chi connectivity index (χ3n) is 3.58. The minimum Gasteiger partial charge on any atom is -0.385 e. The molecule has 1 aliphatic rings. The van der Waals surface area contributed by atoms with Gasteiger partial charge in [0.15, 0.2) is 0 Å². The summed E-state index contributed by atoms with van der Waals surface area (Å²) < 4.78 is 5.08. The molecule has 4 heteroatoms. The van der Waals surface area contributed by atoms with Crippen LogP contribution in [0.2, 0.25) is 0 Å². The molecule has 4 nitrogen and oxygen atoms in total. The summed E-state index contributed by atoms with van der Waals surface area (Å²) in [5.74, 6) is 0.762. The van der Waals surface area contributed by atoms with E-state index < -0.39 is 0 Å². The van der Waals surface area contributed by atoms with Gasteiger partial charge < -0.3 is 15.4 Å². The molecule has 2 N–H and O–H groups in total. The molecule has 1 aliphatic heterocycles. The smallest absolute Gasteiger partial charge is 0.224 e. The molecule has 2 atom stereocenters. The van der Waals surface area contributed by atoms with Gasteiger partial charge in [-0.3, -0.25) is 4.79 Å². The molecule has 0 radical (unpaired) electrons. The van der Waals surface area contributed by atoms with E-state index in [9.17, 15) is 4.79 Å². The third-order valence-corrected chi connectivity index (χ3v) is 3.58. The lowest BCUT2D eigenvalue weighted by molar-refractivity contribution is -0.125. The molecule has 1 amide bonds. The Bertz CT molecular complexity index is 254. The summed E-state index contributed by atoms with van der Waals surface area (Å²) in [5, 5.41) is 6.32. The van der Waals surface area contributed by atoms with Gasteiger partial charge in [0.25, 0.3) is 0 Å². The first-order chi connectivity index (χ1) is 7.96. The molecule has 1 saturated heterocycles. The lowest BCUT2D eigenvalue weighted by Gasteiger charge is -2.26. The van der Waals surface area contributed by atoms with Crippen molar-refractivity contribution >= 4 is 5.91 Å². The van der Waals surface area contributed by atoms with Gasteiger partial charge in [0.05, 0.1) is 5.92 Å². The van der Waals surface area contributed by atoms with Crippen LogP contribution in [0.1, 0.15) is 27.2 Å². The van der Waals surface area contributed by atoms with Crippen molar-refractivity contribution < 1.29 is 9.53 Å². The minimum absolute atomic E-state index is 0.0982. The highest BCUT2D eigenvalue weighted by atomic mass is 16.5. The Balaban J connectivity index is 2.31. The van der Waals surface area contributed by atoms with Crippen LogP contribution in [0, 0.1) is 17.3 Å². The number of carbonyl (C=O) groups is 1. The summed E-state index contributed by atoms with van der Waals surface area (Å²) in [4.78, 5) is 12.0. The quantitative estimate of drug-likeness (QED) is 0.731. The Morgan fingerprint density at radius 3 is 2.71 bits per heavy atom. The van der Waals surface area contributed by atoms with Gasteiger partial charge in [0.1, 0.15) is 0 Å². The molecule has 1 fully saturated rings. The van der Waals surface area contributed by atoms with E-state index in [2.05, 4.69) is 31.4 Å². The monoisotopic (exact) mass is 242 g/mol. The van der Waals surface area contributed by atoms with Crippen molar-refractivity contribution in [1.29, 1.82) is 0 Å². The number of hydrogen-bond acceptors (Lipinski definition) is 3. The maximum absolute atomic E-state index is 12.0. The molecule has 0 saturated carbocycles. The van der Waals surface area contributed by atoms with Crippen LogP contribution < -0.4 is 10.6 Å². The number of methoxy groups -OCH3 is 1. The predicted octanol–water partition coefficient (Wildman–Crippen LogP) is 1.02. The predicted molar refractivity (Wildman–Crippen MR) is 68.8 cm³/mol. The standard InChI is InChI=1S/C13H26N2O2/c1-10-7-14-8-11(10)12(16)15-9-13(2,3)5-6-17-4/h10-11,14H,5-9H2,1-4H3,(H,15,16). The molecule has 0 aromatic carbocycles. The summed E-state index contributed by atoms with van der Waals surface area (Å²) >= 11 is 0. The number of ether oxygens (including phenoxy) is 1. The summed E-state index contributed by atoms with van der Waals surface area (Å²) in [5.41, 5.74) is 0.0982. The first kappa shape index (κ1) is 14.5. The van der Waals surface area contributed by atoms with Crippen molar-refractivity contribution in [2.24, 2.45) is 17.3 Å². The van der Waals surface area contributed by atoms with Crippen LogP contribution in [-0.2, 0) is 9.53 Å². The second-order valence-corrected chi connectivity index (χ2v) is 5.87. The van der Waals surface area contributed by atoms with Crippen molar-refractivity contribution in [3.8, 4) is 0 Å². The topological polar surface area (TPSA) is 50.4 Å². The van der Waals surface area contributed by atoms with Gasteiger partial charge in [-0.1, -0.05) is 20.8 Å². The summed E-state index contributed by atoms with van der Waals surface area (Å²) in [6.45, 7) is 9.66. The molecule has 0 aliphatic carbocycles. The number of rotatable bonds is 6. The fraction of sp³-hybridized carbons (Fsp3) is 0.923. The maximum atomic E-state index is 12.0. The van der Waals surface area contributed by atoms with Gasteiger partial charge in [-0.25, -0.2) is 0 Å². The first-order valence-electron chi connectivity index (χ1n) is 6.43. The molecule has 100 valence electrons. The van der Waals surface area contributed by atoms with Gasteiger partial charge in [0.2, 0.25) is 5.91 Å². The molecule has 17 heavy (non-hydrogen) atoms. The van der Waals surface area contributed by atoms with E-state index in [1.807, 2.05) is 0 Å². The van der Waals surface area contributed by atoms with E-state index in [-0.39, 0.29) is 17.2 Å². The molecule has 0 aromatic heterocycles. The van der Waals surface area contributed by atoms with Crippen LogP contribution in [0.4, 0.5) is 0 Å². The van der Waals surface area contributed by atoms with Crippen molar-refractivity contribution in [2.45, 2.75) is 27.2 Å². The van der Waals surface area contributed by atoms with Gasteiger partial charge in [-0.05, 0) is 24.3 Å². The second-order valence-electron chi connectivity index (χ2n) is 5.87. The SMILES string of the molecule is COCCC(C)(C)CNC(=O)C1CNCC1C. The number of carbonyl (C=O) groups excluding carboxylic acids is 1. The van der Waals surface area contributed by atoms with Crippen molar-refractivity contribution in [3.05, 3.63) is 0 Å². The normalized spacial score (nSPS) is 24.9. The summed E-state index contributed by atoms with van der Waals surface area (Å²) in [6.07, 6.45) is 0.961. The van der Waals surface area contributed by atoms with Gasteiger partial charge >= 0.3 is 0 Å². The highest BCUT2D eigenvalue weighted by Crippen LogP contribution is 2.20. The van der Waals surface area contributed by atoms with E-state index >= 15 is 0 Å². The van der Waals surface area contributed by atoms with Crippen LogP contribution in [0.15, 0.2) is 0 Å². The van der Waals surface area contributed by atoms with Crippen LogP contribution in [-0.4, -0.2) is 39.3 Å². The Morgan fingerprint density at radius 2 is 2.18 bits per heavy atom. The second kappa shape index (κ2) is 6.36. The number of hydrogen-bond donors (Lipinski definition) is 2. The van der Waals surface area contributed by atoms with E-state index in [0.717, 1.165) is 32.7 Å².